The molecule has 1 saturated heterocycles. The number of methoxy groups -OCH3 is 1. The first-order chi connectivity index (χ1) is 10.3. The van der Waals surface area contributed by atoms with E-state index in [0.29, 0.717) is 24.5 Å². The molecule has 116 valence electrons. The van der Waals surface area contributed by atoms with Crippen LogP contribution in [0.4, 0.5) is 0 Å². The Morgan fingerprint density at radius 2 is 1.67 bits per heavy atom. The Morgan fingerprint density at radius 3 is 2.33 bits per heavy atom. The van der Waals surface area contributed by atoms with Crippen molar-refractivity contribution in [2.24, 2.45) is 0 Å². The van der Waals surface area contributed by atoms with E-state index in [-0.39, 0.29) is 5.91 Å². The van der Waals surface area contributed by atoms with E-state index < -0.39 is 0 Å². The van der Waals surface area contributed by atoms with Gasteiger partial charge in [-0.3, -0.25) is 4.79 Å². The molecule has 1 aromatic rings. The van der Waals surface area contributed by atoms with Crippen molar-refractivity contribution in [1.29, 1.82) is 0 Å². The fraction of sp³-hybridized carbons (Fsp3) is 0.588. The molecule has 4 heteroatoms. The highest BCUT2D eigenvalue weighted by atomic mass is 16.5. The van der Waals surface area contributed by atoms with E-state index in [1.54, 1.807) is 7.11 Å². The molecule has 4 nitrogen and oxygen atoms in total. The summed E-state index contributed by atoms with van der Waals surface area (Å²) in [5.41, 5.74) is 0. The molecule has 1 aliphatic rings. The number of rotatable bonds is 5. The number of carbonyl (C=O) groups excluding carboxylic acids is 1. The molecule has 0 radical (unpaired) electrons. The van der Waals surface area contributed by atoms with Gasteiger partial charge in [-0.05, 0) is 25.0 Å². The third kappa shape index (κ3) is 4.96. The summed E-state index contributed by atoms with van der Waals surface area (Å²) in [5, 5.41) is 0. The predicted molar refractivity (Wildman–Crippen MR) is 82.8 cm³/mol. The molecule has 1 heterocycles. The van der Waals surface area contributed by atoms with Gasteiger partial charge in [0.1, 0.15) is 0 Å². The average Bonchev–Trinajstić information content (AvgIpc) is 2.47. The van der Waals surface area contributed by atoms with Crippen molar-refractivity contribution in [1.82, 2.24) is 4.90 Å². The van der Waals surface area contributed by atoms with Gasteiger partial charge in [0.05, 0.1) is 20.1 Å². The van der Waals surface area contributed by atoms with E-state index in [4.69, 9.17) is 9.47 Å². The zero-order valence-electron chi connectivity index (χ0n) is 12.8. The van der Waals surface area contributed by atoms with Crippen LogP contribution in [0.1, 0.15) is 38.5 Å². The molecular weight excluding hydrogens is 266 g/mol. The number of hydrogen-bond donors (Lipinski definition) is 0. The Bertz CT molecular complexity index is 439. The highest BCUT2D eigenvalue weighted by Crippen LogP contribution is 2.25. The van der Waals surface area contributed by atoms with Gasteiger partial charge in [-0.15, -0.1) is 0 Å². The maximum Gasteiger partial charge on any atom is 0.225 e. The van der Waals surface area contributed by atoms with E-state index in [0.717, 1.165) is 25.9 Å². The van der Waals surface area contributed by atoms with E-state index in [2.05, 4.69) is 0 Å². The Kier molecular flexibility index (Phi) is 6.38. The van der Waals surface area contributed by atoms with Crippen LogP contribution in [0.3, 0.4) is 0 Å². The van der Waals surface area contributed by atoms with Crippen molar-refractivity contribution in [3.63, 3.8) is 0 Å². The number of amides is 1. The summed E-state index contributed by atoms with van der Waals surface area (Å²) in [7, 11) is 1.62. The molecular formula is C17H25NO3. The number of likely N-dealkylation sites (tertiary alicyclic amines) is 1. The highest BCUT2D eigenvalue weighted by molar-refractivity contribution is 5.76. The Morgan fingerprint density at radius 1 is 1.05 bits per heavy atom. The lowest BCUT2D eigenvalue weighted by atomic mass is 10.1. The summed E-state index contributed by atoms with van der Waals surface area (Å²) in [5.74, 6) is 1.60. The molecule has 0 unspecified atom stereocenters. The average molecular weight is 291 g/mol. The van der Waals surface area contributed by atoms with Crippen LogP contribution in [-0.2, 0) is 4.79 Å². The lowest BCUT2D eigenvalue weighted by molar-refractivity contribution is -0.132. The normalized spacial score (nSPS) is 16.0. The smallest absolute Gasteiger partial charge is 0.225 e. The van der Waals surface area contributed by atoms with Gasteiger partial charge >= 0.3 is 0 Å². The summed E-state index contributed by atoms with van der Waals surface area (Å²) in [4.78, 5) is 14.2. The van der Waals surface area contributed by atoms with Gasteiger partial charge in [-0.2, -0.15) is 0 Å². The second-order valence-corrected chi connectivity index (χ2v) is 5.40. The van der Waals surface area contributed by atoms with Gasteiger partial charge in [-0.25, -0.2) is 0 Å². The number of para-hydroxylation sites is 2. The first kappa shape index (κ1) is 15.7. The summed E-state index contributed by atoms with van der Waals surface area (Å²) in [6.07, 6.45) is 6.46. The van der Waals surface area contributed by atoms with Gasteiger partial charge in [0, 0.05) is 13.1 Å². The highest BCUT2D eigenvalue weighted by Gasteiger charge is 2.14. The van der Waals surface area contributed by atoms with Crippen LogP contribution in [0.25, 0.3) is 0 Å². The minimum absolute atomic E-state index is 0.201. The SMILES string of the molecule is COc1ccccc1OCCC(=O)N1CCCCCCC1. The van der Waals surface area contributed by atoms with E-state index >= 15 is 0 Å². The van der Waals surface area contributed by atoms with E-state index in [1.807, 2.05) is 29.2 Å². The molecule has 0 N–H and O–H groups in total. The molecule has 1 fully saturated rings. The monoisotopic (exact) mass is 291 g/mol. The van der Waals surface area contributed by atoms with Crippen LogP contribution in [0.5, 0.6) is 11.5 Å². The van der Waals surface area contributed by atoms with E-state index in [9.17, 15) is 4.79 Å². The summed E-state index contributed by atoms with van der Waals surface area (Å²) in [6, 6.07) is 7.52. The molecule has 0 bridgehead atoms. The van der Waals surface area contributed by atoms with Crippen molar-refractivity contribution < 1.29 is 14.3 Å². The van der Waals surface area contributed by atoms with Crippen LogP contribution in [0, 0.1) is 0 Å². The molecule has 1 aromatic carbocycles. The van der Waals surface area contributed by atoms with Crippen LogP contribution < -0.4 is 9.47 Å². The molecule has 0 atom stereocenters. The minimum atomic E-state index is 0.201. The lowest BCUT2D eigenvalue weighted by Crippen LogP contribution is -2.34. The van der Waals surface area contributed by atoms with Crippen LogP contribution in [-0.4, -0.2) is 37.6 Å². The summed E-state index contributed by atoms with van der Waals surface area (Å²) in [6.45, 7) is 2.19. The first-order valence-corrected chi connectivity index (χ1v) is 7.85. The largest absolute Gasteiger partial charge is 0.493 e. The van der Waals surface area contributed by atoms with Crippen molar-refractivity contribution in [3.05, 3.63) is 24.3 Å². The van der Waals surface area contributed by atoms with Gasteiger partial charge < -0.3 is 14.4 Å². The maximum absolute atomic E-state index is 12.2. The lowest BCUT2D eigenvalue weighted by Gasteiger charge is -2.24. The first-order valence-electron chi connectivity index (χ1n) is 7.85. The standard InChI is InChI=1S/C17H25NO3/c1-20-15-9-5-6-10-16(15)21-14-11-17(19)18-12-7-3-2-4-8-13-18/h5-6,9-10H,2-4,7-8,11-14H2,1H3. The van der Waals surface area contributed by atoms with Crippen molar-refractivity contribution in [3.8, 4) is 11.5 Å². The van der Waals surface area contributed by atoms with E-state index in [1.165, 1.54) is 19.3 Å². The number of carbonyl (C=O) groups is 1. The Balaban J connectivity index is 1.77. The van der Waals surface area contributed by atoms with Crippen molar-refractivity contribution >= 4 is 5.91 Å². The van der Waals surface area contributed by atoms with Crippen molar-refractivity contribution in [2.75, 3.05) is 26.8 Å². The Hall–Kier alpha value is -1.71. The van der Waals surface area contributed by atoms with Gasteiger partial charge in [0.2, 0.25) is 5.91 Å². The van der Waals surface area contributed by atoms with Gasteiger partial charge in [0.15, 0.2) is 11.5 Å². The van der Waals surface area contributed by atoms with Crippen LogP contribution in [0.2, 0.25) is 0 Å². The number of hydrogen-bond acceptors (Lipinski definition) is 3. The molecule has 21 heavy (non-hydrogen) atoms. The predicted octanol–water partition coefficient (Wildman–Crippen LogP) is 3.26. The molecule has 1 aliphatic heterocycles. The molecule has 1 amide bonds. The molecule has 0 aliphatic carbocycles. The molecule has 0 saturated carbocycles. The minimum Gasteiger partial charge on any atom is -0.493 e. The summed E-state index contributed by atoms with van der Waals surface area (Å²) >= 11 is 0. The van der Waals surface area contributed by atoms with Gasteiger partial charge in [0.25, 0.3) is 0 Å². The number of ether oxygens (including phenoxy) is 2. The number of benzene rings is 1. The molecule has 0 spiro atoms. The maximum atomic E-state index is 12.2. The molecule has 2 rings (SSSR count). The third-order valence-corrected chi connectivity index (χ3v) is 3.85. The summed E-state index contributed by atoms with van der Waals surface area (Å²) < 4.78 is 10.9. The second kappa shape index (κ2) is 8.55. The second-order valence-electron chi connectivity index (χ2n) is 5.40. The van der Waals surface area contributed by atoms with Crippen LogP contribution >= 0.6 is 0 Å². The van der Waals surface area contributed by atoms with Crippen molar-refractivity contribution in [2.45, 2.75) is 38.5 Å². The zero-order chi connectivity index (χ0) is 14.9. The van der Waals surface area contributed by atoms with Crippen LogP contribution in [0.15, 0.2) is 24.3 Å². The number of nitrogens with zero attached hydrogens (tertiary/aromatic N) is 1. The Labute approximate surface area is 127 Å². The topological polar surface area (TPSA) is 38.8 Å². The third-order valence-electron chi connectivity index (χ3n) is 3.85. The fourth-order valence-corrected chi connectivity index (χ4v) is 2.64. The zero-order valence-corrected chi connectivity index (χ0v) is 12.8. The fourth-order valence-electron chi connectivity index (χ4n) is 2.64. The molecule has 0 aromatic heterocycles. The van der Waals surface area contributed by atoms with Gasteiger partial charge in [-0.1, -0.05) is 31.4 Å². The quantitative estimate of drug-likeness (QED) is 0.836.